The first kappa shape index (κ1) is 14.7. The van der Waals surface area contributed by atoms with Crippen LogP contribution in [0.5, 0.6) is 0 Å². The van der Waals surface area contributed by atoms with Crippen molar-refractivity contribution in [3.05, 3.63) is 11.6 Å². The molecule has 0 radical (unpaired) electrons. The van der Waals surface area contributed by atoms with Crippen LogP contribution in [0.1, 0.15) is 34.6 Å². The molecule has 4 atom stereocenters. The normalized spacial score (nSPS) is 31.5. The Morgan fingerprint density at radius 3 is 2.39 bits per heavy atom. The molecule has 0 spiro atoms. The highest BCUT2D eigenvalue weighted by Crippen LogP contribution is 2.36. The number of carbonyl (C=O) groups excluding carboxylic acids is 2. The van der Waals surface area contributed by atoms with Gasteiger partial charge in [0.1, 0.15) is 6.10 Å². The average molecular weight is 254 g/mol. The molecule has 0 heterocycles. The Labute approximate surface area is 108 Å². The first-order valence-electron chi connectivity index (χ1n) is 6.40. The molecule has 0 aromatic carbocycles. The summed E-state index contributed by atoms with van der Waals surface area (Å²) in [5.41, 5.74) is 0.922. The summed E-state index contributed by atoms with van der Waals surface area (Å²) in [6.45, 7) is 9.47. The molecule has 0 aromatic heterocycles. The molecule has 0 aromatic rings. The maximum atomic E-state index is 11.9. The third-order valence-electron chi connectivity index (χ3n) is 3.63. The molecule has 18 heavy (non-hydrogen) atoms. The lowest BCUT2D eigenvalue weighted by atomic mass is 9.72. The van der Waals surface area contributed by atoms with E-state index in [1.165, 1.54) is 6.92 Å². The molecule has 4 nitrogen and oxygen atoms in total. The predicted molar refractivity (Wildman–Crippen MR) is 67.8 cm³/mol. The number of hydrogen-bond donors (Lipinski definition) is 0. The summed E-state index contributed by atoms with van der Waals surface area (Å²) in [7, 11) is 0. The zero-order chi connectivity index (χ0) is 13.9. The second-order valence-electron chi connectivity index (χ2n) is 4.93. The van der Waals surface area contributed by atoms with Gasteiger partial charge >= 0.3 is 11.9 Å². The highest BCUT2D eigenvalue weighted by atomic mass is 16.5. The summed E-state index contributed by atoms with van der Waals surface area (Å²) >= 11 is 0. The number of ether oxygens (including phenoxy) is 2. The Kier molecular flexibility index (Phi) is 4.93. The zero-order valence-corrected chi connectivity index (χ0v) is 11.7. The van der Waals surface area contributed by atoms with Crippen molar-refractivity contribution in [1.29, 1.82) is 0 Å². The Hall–Kier alpha value is -1.32. The molecule has 102 valence electrons. The molecule has 0 aliphatic heterocycles. The maximum absolute atomic E-state index is 11.9. The van der Waals surface area contributed by atoms with E-state index >= 15 is 0 Å². The fourth-order valence-corrected chi connectivity index (χ4v) is 2.50. The standard InChI is InChI=1S/C14H22O4/c1-6-17-14(16)13-8(2)7-12(18-11(5)15)9(3)10(13)4/h7,9-10,12-13H,6H2,1-5H3. The van der Waals surface area contributed by atoms with Gasteiger partial charge in [0.25, 0.3) is 0 Å². The van der Waals surface area contributed by atoms with Gasteiger partial charge in [-0.2, -0.15) is 0 Å². The van der Waals surface area contributed by atoms with Gasteiger partial charge in [0.2, 0.25) is 0 Å². The third kappa shape index (κ3) is 3.12. The van der Waals surface area contributed by atoms with Gasteiger partial charge in [-0.15, -0.1) is 0 Å². The lowest BCUT2D eigenvalue weighted by Gasteiger charge is -2.36. The maximum Gasteiger partial charge on any atom is 0.313 e. The van der Waals surface area contributed by atoms with Crippen LogP contribution in [0.3, 0.4) is 0 Å². The molecule has 0 saturated heterocycles. The summed E-state index contributed by atoms with van der Waals surface area (Å²) in [6.07, 6.45) is 1.62. The van der Waals surface area contributed by atoms with E-state index in [4.69, 9.17) is 9.47 Å². The molecular weight excluding hydrogens is 232 g/mol. The minimum absolute atomic E-state index is 0.0957. The average Bonchev–Trinajstić information content (AvgIpc) is 2.25. The van der Waals surface area contributed by atoms with Crippen molar-refractivity contribution in [2.24, 2.45) is 17.8 Å². The molecule has 1 rings (SSSR count). The summed E-state index contributed by atoms with van der Waals surface area (Å²) in [5.74, 6) is -0.512. The number of carbonyl (C=O) groups is 2. The van der Waals surface area contributed by atoms with Crippen LogP contribution in [0.15, 0.2) is 11.6 Å². The SMILES string of the molecule is CCOC(=O)C1C(C)=CC(OC(C)=O)C(C)C1C. The largest absolute Gasteiger partial charge is 0.466 e. The Morgan fingerprint density at radius 1 is 1.28 bits per heavy atom. The van der Waals surface area contributed by atoms with Crippen molar-refractivity contribution >= 4 is 11.9 Å². The molecule has 1 aliphatic carbocycles. The number of hydrogen-bond acceptors (Lipinski definition) is 4. The van der Waals surface area contributed by atoms with E-state index in [1.54, 1.807) is 6.92 Å². The zero-order valence-electron chi connectivity index (χ0n) is 11.7. The molecule has 1 aliphatic rings. The first-order chi connectivity index (χ1) is 8.38. The van der Waals surface area contributed by atoms with E-state index in [2.05, 4.69) is 0 Å². The van der Waals surface area contributed by atoms with Gasteiger partial charge < -0.3 is 9.47 Å². The van der Waals surface area contributed by atoms with E-state index in [0.717, 1.165) is 5.57 Å². The summed E-state index contributed by atoms with van der Waals surface area (Å²) < 4.78 is 10.4. The molecule has 4 unspecified atom stereocenters. The van der Waals surface area contributed by atoms with E-state index in [1.807, 2.05) is 26.8 Å². The second-order valence-corrected chi connectivity index (χ2v) is 4.93. The van der Waals surface area contributed by atoms with Crippen molar-refractivity contribution in [3.8, 4) is 0 Å². The van der Waals surface area contributed by atoms with Gasteiger partial charge in [-0.25, -0.2) is 0 Å². The summed E-state index contributed by atoms with van der Waals surface area (Å²) in [5, 5.41) is 0. The predicted octanol–water partition coefficient (Wildman–Crippen LogP) is 2.33. The van der Waals surface area contributed by atoms with Crippen molar-refractivity contribution in [2.45, 2.75) is 40.7 Å². The molecule has 0 amide bonds. The van der Waals surface area contributed by atoms with Crippen LogP contribution >= 0.6 is 0 Å². The third-order valence-corrected chi connectivity index (χ3v) is 3.63. The van der Waals surface area contributed by atoms with Gasteiger partial charge in [0.05, 0.1) is 12.5 Å². The first-order valence-corrected chi connectivity index (χ1v) is 6.40. The van der Waals surface area contributed by atoms with Gasteiger partial charge in [-0.1, -0.05) is 19.4 Å². The van der Waals surface area contributed by atoms with Crippen LogP contribution < -0.4 is 0 Å². The van der Waals surface area contributed by atoms with Gasteiger partial charge in [0, 0.05) is 12.8 Å². The molecule has 0 saturated carbocycles. The van der Waals surface area contributed by atoms with Gasteiger partial charge in [0.15, 0.2) is 0 Å². The van der Waals surface area contributed by atoms with E-state index in [-0.39, 0.29) is 35.8 Å². The molecule has 4 heteroatoms. The Bertz CT molecular complexity index is 359. The van der Waals surface area contributed by atoms with Crippen LogP contribution in [-0.2, 0) is 19.1 Å². The number of esters is 2. The molecular formula is C14H22O4. The van der Waals surface area contributed by atoms with Gasteiger partial charge in [-0.05, 0) is 25.8 Å². The van der Waals surface area contributed by atoms with Crippen molar-refractivity contribution in [2.75, 3.05) is 6.61 Å². The van der Waals surface area contributed by atoms with E-state index < -0.39 is 0 Å². The van der Waals surface area contributed by atoms with E-state index in [9.17, 15) is 9.59 Å². The number of rotatable bonds is 3. The highest BCUT2D eigenvalue weighted by molar-refractivity contribution is 5.76. The highest BCUT2D eigenvalue weighted by Gasteiger charge is 2.39. The summed E-state index contributed by atoms with van der Waals surface area (Å²) in [6, 6.07) is 0. The molecule has 0 N–H and O–H groups in total. The lowest BCUT2D eigenvalue weighted by Crippen LogP contribution is -2.39. The van der Waals surface area contributed by atoms with Crippen LogP contribution in [-0.4, -0.2) is 24.6 Å². The van der Waals surface area contributed by atoms with Crippen LogP contribution in [0, 0.1) is 17.8 Å². The van der Waals surface area contributed by atoms with Crippen LogP contribution in [0.25, 0.3) is 0 Å². The molecule has 0 fully saturated rings. The summed E-state index contributed by atoms with van der Waals surface area (Å²) in [4.78, 5) is 23.0. The minimum atomic E-state index is -0.294. The quantitative estimate of drug-likeness (QED) is 0.573. The van der Waals surface area contributed by atoms with Crippen molar-refractivity contribution in [3.63, 3.8) is 0 Å². The fraction of sp³-hybridized carbons (Fsp3) is 0.714. The molecule has 0 bridgehead atoms. The lowest BCUT2D eigenvalue weighted by molar-refractivity contribution is -0.152. The second kappa shape index (κ2) is 6.03. The fourth-order valence-electron chi connectivity index (χ4n) is 2.50. The van der Waals surface area contributed by atoms with Crippen molar-refractivity contribution in [1.82, 2.24) is 0 Å². The smallest absolute Gasteiger partial charge is 0.313 e. The van der Waals surface area contributed by atoms with E-state index in [0.29, 0.717) is 6.61 Å². The minimum Gasteiger partial charge on any atom is -0.466 e. The Balaban J connectivity index is 2.91. The van der Waals surface area contributed by atoms with Crippen LogP contribution in [0.4, 0.5) is 0 Å². The topological polar surface area (TPSA) is 52.6 Å². The monoisotopic (exact) mass is 254 g/mol. The van der Waals surface area contributed by atoms with Crippen LogP contribution in [0.2, 0.25) is 0 Å². The Morgan fingerprint density at radius 2 is 1.89 bits per heavy atom. The van der Waals surface area contributed by atoms with Crippen molar-refractivity contribution < 1.29 is 19.1 Å². The van der Waals surface area contributed by atoms with Gasteiger partial charge in [-0.3, -0.25) is 9.59 Å².